The molecule has 0 saturated heterocycles. The molecule has 0 spiro atoms. The van der Waals surface area contributed by atoms with Crippen LogP contribution in [0.2, 0.25) is 0 Å². The summed E-state index contributed by atoms with van der Waals surface area (Å²) < 4.78 is 0. The van der Waals surface area contributed by atoms with Crippen molar-refractivity contribution >= 4 is 11.6 Å². The smallest absolute Gasteiger partial charge is 0.242 e. The third kappa shape index (κ3) is 3.11. The van der Waals surface area contributed by atoms with Crippen LogP contribution >= 0.6 is 0 Å². The summed E-state index contributed by atoms with van der Waals surface area (Å²) in [5.41, 5.74) is 5.74. The van der Waals surface area contributed by atoms with E-state index < -0.39 is 0 Å². The number of amides is 1. The molecule has 2 N–H and O–H groups in total. The van der Waals surface area contributed by atoms with Gasteiger partial charge in [-0.3, -0.25) is 9.78 Å². The number of anilines is 1. The average molecular weight is 295 g/mol. The largest absolute Gasteiger partial charge is 0.373 e. The van der Waals surface area contributed by atoms with Crippen molar-refractivity contribution in [1.29, 1.82) is 0 Å². The van der Waals surface area contributed by atoms with Gasteiger partial charge in [0.05, 0.1) is 0 Å². The Morgan fingerprint density at radius 1 is 1.36 bits per heavy atom. The Morgan fingerprint density at radius 3 is 3.05 bits per heavy atom. The molecule has 0 fully saturated rings. The highest BCUT2D eigenvalue weighted by Gasteiger charge is 2.26. The van der Waals surface area contributed by atoms with E-state index >= 15 is 0 Å². The van der Waals surface area contributed by atoms with Crippen LogP contribution < -0.4 is 10.6 Å². The van der Waals surface area contributed by atoms with Crippen LogP contribution in [0.4, 0.5) is 5.69 Å². The molecular weight excluding hydrogens is 274 g/mol. The summed E-state index contributed by atoms with van der Waals surface area (Å²) in [7, 11) is 0. The Labute approximate surface area is 131 Å². The number of fused-ring (bicyclic) bond motifs is 1. The fraction of sp³-hybridized carbons (Fsp3) is 0.333. The zero-order valence-electron chi connectivity index (χ0n) is 13.0. The second-order valence-electron chi connectivity index (χ2n) is 5.87. The molecule has 1 atom stereocenters. The van der Waals surface area contributed by atoms with Gasteiger partial charge in [0.1, 0.15) is 6.04 Å². The molecule has 1 aromatic heterocycles. The van der Waals surface area contributed by atoms with Gasteiger partial charge in [0.2, 0.25) is 5.91 Å². The fourth-order valence-corrected chi connectivity index (χ4v) is 2.86. The lowest BCUT2D eigenvalue weighted by molar-refractivity contribution is -0.121. The molecule has 1 aliphatic heterocycles. The summed E-state index contributed by atoms with van der Waals surface area (Å²) in [5, 5.41) is 6.30. The maximum atomic E-state index is 12.3. The molecule has 1 aliphatic rings. The third-order valence-electron chi connectivity index (χ3n) is 4.11. The van der Waals surface area contributed by atoms with E-state index in [1.807, 2.05) is 19.1 Å². The quantitative estimate of drug-likeness (QED) is 0.910. The molecule has 1 amide bonds. The summed E-state index contributed by atoms with van der Waals surface area (Å²) in [5.74, 6) is 0.0578. The van der Waals surface area contributed by atoms with Crippen LogP contribution in [-0.4, -0.2) is 23.5 Å². The zero-order chi connectivity index (χ0) is 15.5. The highest BCUT2D eigenvalue weighted by molar-refractivity contribution is 5.87. The lowest BCUT2D eigenvalue weighted by atomic mass is 10.1. The molecule has 2 heterocycles. The fourth-order valence-electron chi connectivity index (χ4n) is 2.86. The van der Waals surface area contributed by atoms with E-state index in [1.54, 1.807) is 6.20 Å². The predicted octanol–water partition coefficient (Wildman–Crippen LogP) is 2.39. The molecule has 1 aromatic carbocycles. The van der Waals surface area contributed by atoms with Gasteiger partial charge in [0.25, 0.3) is 0 Å². The molecule has 0 radical (unpaired) electrons. The lowest BCUT2D eigenvalue weighted by Crippen LogP contribution is -2.39. The van der Waals surface area contributed by atoms with Gasteiger partial charge < -0.3 is 10.6 Å². The summed E-state index contributed by atoms with van der Waals surface area (Å²) in [4.78, 5) is 16.6. The van der Waals surface area contributed by atoms with Gasteiger partial charge in [-0.25, -0.2) is 0 Å². The van der Waals surface area contributed by atoms with Crippen LogP contribution in [-0.2, 0) is 17.6 Å². The van der Waals surface area contributed by atoms with Crippen molar-refractivity contribution < 1.29 is 4.79 Å². The van der Waals surface area contributed by atoms with Crippen molar-refractivity contribution in [2.45, 2.75) is 32.7 Å². The van der Waals surface area contributed by atoms with Gasteiger partial charge in [-0.1, -0.05) is 23.8 Å². The normalized spacial score (nSPS) is 16.0. The maximum Gasteiger partial charge on any atom is 0.242 e. The van der Waals surface area contributed by atoms with Crippen LogP contribution in [0.1, 0.15) is 22.4 Å². The lowest BCUT2D eigenvalue weighted by Gasteiger charge is -2.12. The molecule has 2 aromatic rings. The molecular formula is C18H21N3O. The standard InChI is InChI=1S/C18H21N3O/c1-12-5-6-16-14(10-12)11-17(21-16)18(22)20-9-7-15-13(2)4-3-8-19-15/h3-6,8,10,17,21H,7,9,11H2,1-2H3,(H,20,22). The van der Waals surface area contributed by atoms with Crippen LogP contribution in [0.5, 0.6) is 0 Å². The average Bonchev–Trinajstić information content (AvgIpc) is 2.92. The molecule has 22 heavy (non-hydrogen) atoms. The van der Waals surface area contributed by atoms with Crippen molar-refractivity contribution in [2.75, 3.05) is 11.9 Å². The van der Waals surface area contributed by atoms with Crippen LogP contribution in [0.15, 0.2) is 36.5 Å². The monoisotopic (exact) mass is 295 g/mol. The van der Waals surface area contributed by atoms with Crippen molar-refractivity contribution in [2.24, 2.45) is 0 Å². The van der Waals surface area contributed by atoms with E-state index in [0.29, 0.717) is 6.54 Å². The van der Waals surface area contributed by atoms with E-state index in [0.717, 1.165) is 24.2 Å². The molecule has 0 saturated carbocycles. The Kier molecular flexibility index (Phi) is 4.09. The second-order valence-corrected chi connectivity index (χ2v) is 5.87. The number of carbonyl (C=O) groups is 1. The highest BCUT2D eigenvalue weighted by Crippen LogP contribution is 2.26. The van der Waals surface area contributed by atoms with Crippen LogP contribution in [0, 0.1) is 13.8 Å². The van der Waals surface area contributed by atoms with Crippen LogP contribution in [0.3, 0.4) is 0 Å². The number of hydrogen-bond donors (Lipinski definition) is 2. The van der Waals surface area contributed by atoms with Gasteiger partial charge in [-0.2, -0.15) is 0 Å². The third-order valence-corrected chi connectivity index (χ3v) is 4.11. The number of rotatable bonds is 4. The van der Waals surface area contributed by atoms with E-state index in [-0.39, 0.29) is 11.9 Å². The molecule has 3 rings (SSSR count). The number of aromatic nitrogens is 1. The second kappa shape index (κ2) is 6.18. The minimum Gasteiger partial charge on any atom is -0.373 e. The predicted molar refractivity (Wildman–Crippen MR) is 88.0 cm³/mol. The zero-order valence-corrected chi connectivity index (χ0v) is 13.0. The first-order chi connectivity index (χ1) is 10.6. The number of aryl methyl sites for hydroxylation is 2. The van der Waals surface area contributed by atoms with Crippen molar-refractivity contribution in [3.8, 4) is 0 Å². The molecule has 4 nitrogen and oxygen atoms in total. The van der Waals surface area contributed by atoms with Gasteiger partial charge in [0.15, 0.2) is 0 Å². The summed E-state index contributed by atoms with van der Waals surface area (Å²) >= 11 is 0. The Balaban J connectivity index is 1.53. The van der Waals surface area contributed by atoms with Gasteiger partial charge in [0, 0.05) is 37.0 Å². The number of hydrogen-bond acceptors (Lipinski definition) is 3. The molecule has 4 heteroatoms. The van der Waals surface area contributed by atoms with Crippen molar-refractivity contribution in [3.05, 3.63) is 58.9 Å². The minimum atomic E-state index is -0.165. The topological polar surface area (TPSA) is 54.0 Å². The molecule has 0 bridgehead atoms. The van der Waals surface area contributed by atoms with E-state index in [9.17, 15) is 4.79 Å². The maximum absolute atomic E-state index is 12.3. The van der Waals surface area contributed by atoms with Gasteiger partial charge >= 0.3 is 0 Å². The van der Waals surface area contributed by atoms with Crippen molar-refractivity contribution in [3.63, 3.8) is 0 Å². The Hall–Kier alpha value is -2.36. The van der Waals surface area contributed by atoms with Gasteiger partial charge in [-0.05, 0) is 37.1 Å². The number of carbonyl (C=O) groups excluding carboxylic acids is 1. The Bertz CT molecular complexity index is 696. The number of benzene rings is 1. The van der Waals surface area contributed by atoms with Crippen LogP contribution in [0.25, 0.3) is 0 Å². The SMILES string of the molecule is Cc1ccc2c(c1)CC(C(=O)NCCc1ncccc1C)N2. The minimum absolute atomic E-state index is 0.0578. The van der Waals surface area contributed by atoms with Gasteiger partial charge in [-0.15, -0.1) is 0 Å². The van der Waals surface area contributed by atoms with Crippen molar-refractivity contribution in [1.82, 2.24) is 10.3 Å². The van der Waals surface area contributed by atoms with E-state index in [2.05, 4.69) is 40.7 Å². The first kappa shape index (κ1) is 14.6. The van der Waals surface area contributed by atoms with E-state index in [1.165, 1.54) is 16.7 Å². The molecule has 0 aliphatic carbocycles. The number of nitrogens with zero attached hydrogens (tertiary/aromatic N) is 1. The highest BCUT2D eigenvalue weighted by atomic mass is 16.2. The summed E-state index contributed by atoms with van der Waals surface area (Å²) in [6.07, 6.45) is 3.31. The molecule has 1 unspecified atom stereocenters. The first-order valence-corrected chi connectivity index (χ1v) is 7.68. The first-order valence-electron chi connectivity index (χ1n) is 7.68. The Morgan fingerprint density at radius 2 is 2.23 bits per heavy atom. The van der Waals surface area contributed by atoms with E-state index in [4.69, 9.17) is 0 Å². The summed E-state index contributed by atoms with van der Waals surface area (Å²) in [6.45, 7) is 4.73. The summed E-state index contributed by atoms with van der Waals surface area (Å²) in [6, 6.07) is 10.1. The molecule has 114 valence electrons. The number of nitrogens with one attached hydrogen (secondary N) is 2. The number of pyridine rings is 1.